The van der Waals surface area contributed by atoms with Gasteiger partial charge in [0.05, 0.1) is 45.3 Å². The van der Waals surface area contributed by atoms with Crippen molar-refractivity contribution < 1.29 is 28.5 Å². The van der Waals surface area contributed by atoms with Gasteiger partial charge in [-0.2, -0.15) is 4.98 Å². The van der Waals surface area contributed by atoms with Gasteiger partial charge in [0.15, 0.2) is 0 Å². The summed E-state index contributed by atoms with van der Waals surface area (Å²) in [6.07, 6.45) is 9.69. The number of nitrogens with zero attached hydrogens (tertiary/aromatic N) is 5. The van der Waals surface area contributed by atoms with Crippen LogP contribution >= 0.6 is 23.1 Å². The van der Waals surface area contributed by atoms with E-state index in [4.69, 9.17) is 9.72 Å². The summed E-state index contributed by atoms with van der Waals surface area (Å²) in [5, 5.41) is 19.0. The van der Waals surface area contributed by atoms with Gasteiger partial charge in [0, 0.05) is 80.9 Å². The second-order valence-electron chi connectivity index (χ2n) is 16.8. The Kier molecular flexibility index (Phi) is 14.3. The molecule has 0 spiro atoms. The van der Waals surface area contributed by atoms with Crippen LogP contribution in [0.3, 0.4) is 0 Å². The molecule has 0 aliphatic carbocycles. The van der Waals surface area contributed by atoms with E-state index in [0.717, 1.165) is 54.9 Å². The lowest BCUT2D eigenvalue weighted by Crippen LogP contribution is -2.45. The van der Waals surface area contributed by atoms with Gasteiger partial charge in [-0.3, -0.25) is 34.5 Å². The number of amides is 4. The highest BCUT2D eigenvalue weighted by Crippen LogP contribution is 2.42. The Labute approximate surface area is 395 Å². The molecular formula is C47H52BrN12O6P. The minimum atomic E-state index is -2.79. The first-order valence-electron chi connectivity index (χ1n) is 22.0. The first-order valence-corrected chi connectivity index (χ1v) is 25.4. The topological polar surface area (TPSA) is 237 Å². The molecule has 7 N–H and O–H groups in total. The number of rotatable bonds is 16. The number of aryl methyl sites for hydroxylation is 1. The second kappa shape index (κ2) is 20.4. The van der Waals surface area contributed by atoms with E-state index in [9.17, 15) is 23.7 Å². The number of aromatic nitrogens is 5. The number of halogens is 1. The van der Waals surface area contributed by atoms with Gasteiger partial charge < -0.3 is 45.8 Å². The molecule has 2 aliphatic heterocycles. The summed E-state index contributed by atoms with van der Waals surface area (Å²) < 4.78 is 20.0. The van der Waals surface area contributed by atoms with Gasteiger partial charge in [0.1, 0.15) is 29.9 Å². The van der Waals surface area contributed by atoms with E-state index in [1.54, 1.807) is 63.3 Å². The highest BCUT2D eigenvalue weighted by Gasteiger charge is 2.28. The van der Waals surface area contributed by atoms with Crippen LogP contribution in [0.25, 0.3) is 11.0 Å². The molecule has 1 unspecified atom stereocenters. The molecule has 0 saturated carbocycles. The number of piperidine rings is 2. The van der Waals surface area contributed by atoms with E-state index < -0.39 is 13.1 Å². The van der Waals surface area contributed by atoms with E-state index in [2.05, 4.69) is 91.7 Å². The third-order valence-corrected chi connectivity index (χ3v) is 14.0. The van der Waals surface area contributed by atoms with Gasteiger partial charge in [-0.05, 0) is 102 Å². The number of aromatic amines is 1. The zero-order valence-corrected chi connectivity index (χ0v) is 40.0. The maximum atomic E-state index is 13.5. The Morgan fingerprint density at radius 1 is 0.925 bits per heavy atom. The molecule has 4 amide bonds. The normalized spacial score (nSPS) is 15.5. The summed E-state index contributed by atoms with van der Waals surface area (Å²) in [7, 11) is -1.15. The van der Waals surface area contributed by atoms with Crippen molar-refractivity contribution in [2.45, 2.75) is 51.0 Å². The Bertz CT molecular complexity index is 2880. The Morgan fingerprint density at radius 2 is 1.70 bits per heavy atom. The van der Waals surface area contributed by atoms with Crippen LogP contribution in [0.2, 0.25) is 0 Å². The van der Waals surface area contributed by atoms with E-state index in [0.29, 0.717) is 74.8 Å². The lowest BCUT2D eigenvalue weighted by molar-refractivity contribution is -0.134. The number of hydrogen-bond donors (Lipinski definition) is 7. The fourth-order valence-corrected chi connectivity index (χ4v) is 10.1. The fourth-order valence-electron chi connectivity index (χ4n) is 8.43. The molecule has 8 rings (SSSR count). The molecule has 3 aromatic carbocycles. The van der Waals surface area contributed by atoms with Crippen LogP contribution in [0.1, 0.15) is 70.5 Å². The predicted octanol–water partition coefficient (Wildman–Crippen LogP) is 6.58. The van der Waals surface area contributed by atoms with Gasteiger partial charge in [0.25, 0.3) is 11.8 Å². The van der Waals surface area contributed by atoms with Crippen molar-refractivity contribution in [3.05, 3.63) is 106 Å². The molecule has 2 saturated heterocycles. The Hall–Kier alpha value is -6.69. The minimum Gasteiger partial charge on any atom is -0.494 e. The van der Waals surface area contributed by atoms with Gasteiger partial charge in [0.2, 0.25) is 17.8 Å². The molecule has 2 fully saturated rings. The van der Waals surface area contributed by atoms with Crippen LogP contribution in [0.4, 0.5) is 34.5 Å². The van der Waals surface area contributed by atoms with Crippen molar-refractivity contribution in [1.29, 1.82) is 0 Å². The summed E-state index contributed by atoms with van der Waals surface area (Å²) in [5.41, 5.74) is 6.70. The first-order chi connectivity index (χ1) is 32.3. The number of H-pyrrole nitrogens is 1. The van der Waals surface area contributed by atoms with E-state index in [1.807, 2.05) is 12.1 Å². The van der Waals surface area contributed by atoms with Crippen molar-refractivity contribution in [2.75, 3.05) is 67.5 Å². The summed E-state index contributed by atoms with van der Waals surface area (Å²) in [6, 6.07) is 16.5. The van der Waals surface area contributed by atoms with Crippen LogP contribution in [-0.4, -0.2) is 101 Å². The van der Waals surface area contributed by atoms with Crippen molar-refractivity contribution in [3.8, 4) is 5.75 Å². The lowest BCUT2D eigenvalue weighted by Gasteiger charge is -2.35. The van der Waals surface area contributed by atoms with Gasteiger partial charge in [-0.25, -0.2) is 4.98 Å². The van der Waals surface area contributed by atoms with E-state index in [1.165, 1.54) is 12.3 Å². The third kappa shape index (κ3) is 11.0. The van der Waals surface area contributed by atoms with Crippen molar-refractivity contribution in [2.24, 2.45) is 0 Å². The average Bonchev–Trinajstić information content (AvgIpc) is 3.83. The van der Waals surface area contributed by atoms with Crippen molar-refractivity contribution in [1.82, 2.24) is 40.9 Å². The number of fused-ring (bicyclic) bond motifs is 1. The zero-order chi connectivity index (χ0) is 47.2. The van der Waals surface area contributed by atoms with Crippen LogP contribution in [0.5, 0.6) is 5.75 Å². The molecule has 2 aliphatic rings. The summed E-state index contributed by atoms with van der Waals surface area (Å²) in [6.45, 7) is 8.20. The predicted molar refractivity (Wildman–Crippen MR) is 263 cm³/mol. The third-order valence-electron chi connectivity index (χ3n) is 11.9. The summed E-state index contributed by atoms with van der Waals surface area (Å²) in [4.78, 5) is 73.1. The van der Waals surface area contributed by atoms with Crippen molar-refractivity contribution >= 4 is 97.6 Å². The van der Waals surface area contributed by atoms with Gasteiger partial charge in [-0.1, -0.05) is 19.1 Å². The Balaban J connectivity index is 0.816. The van der Waals surface area contributed by atoms with Crippen molar-refractivity contribution in [3.63, 3.8) is 0 Å². The largest absolute Gasteiger partial charge is 0.494 e. The monoisotopic (exact) mass is 990 g/mol. The molecule has 0 radical (unpaired) electrons. The maximum absolute atomic E-state index is 13.5. The highest BCUT2D eigenvalue weighted by molar-refractivity contribution is 9.10. The number of carbonyl (C=O) groups is 4. The molecule has 1 atom stereocenters. The number of carbonyl (C=O) groups excluding carboxylic acids is 4. The van der Waals surface area contributed by atoms with Crippen LogP contribution in [0.15, 0.2) is 83.9 Å². The van der Waals surface area contributed by atoms with Crippen LogP contribution < -0.4 is 46.8 Å². The molecule has 348 valence electrons. The highest BCUT2D eigenvalue weighted by atomic mass is 79.9. The smallest absolute Gasteiger partial charge is 0.267 e. The molecular weight excluding hydrogens is 939 g/mol. The molecule has 5 heterocycles. The number of benzene rings is 3. The molecule has 20 heteroatoms. The molecule has 67 heavy (non-hydrogen) atoms. The number of ether oxygens (including phenoxy) is 1. The van der Waals surface area contributed by atoms with Gasteiger partial charge in [-0.15, -0.1) is 0 Å². The molecule has 6 aromatic rings. The van der Waals surface area contributed by atoms with Crippen LogP contribution in [-0.2, 0) is 20.6 Å². The number of hydrogen-bond acceptors (Lipinski definition) is 14. The molecule has 18 nitrogen and oxygen atoms in total. The minimum absolute atomic E-state index is 0.269. The SMILES string of the molecule is CCc1cc(Nc2ncc(Br)c(Nc3ccc4nccnc4c3P(C)(C)=O)n2)c(OC)cc1N1CCC(NCCNC(=O)c2cc(C(=O)Nc3ccc(C4CCC(=O)NC4=O)cc3)c[nH]2)CC1. The first kappa shape index (κ1) is 46.8. The van der Waals surface area contributed by atoms with E-state index in [-0.39, 0.29) is 41.8 Å². The quantitative estimate of drug-likeness (QED) is 0.0308. The standard InChI is InChI=1S/C47H52BrN12O6P/c1-5-27-22-36(57-47-54-26-33(48)43(59-47)56-35-12-11-34-41(51-18-17-50-34)42(35)67(3,4)65)39(66-2)24-38(27)60-20-14-30(15-21-60)49-16-19-52-46(64)37-23-29(25-53-37)44(62)55-31-8-6-28(7-9-31)32-10-13-40(61)58-45(32)63/h6-9,11-12,17-18,22-26,30,32,49,53H,5,10,13-16,19-21H2,1-4H3,(H,52,64)(H,55,62)(H,58,61,63)(H2,54,56,57,59). The number of anilines is 6. The number of imide groups is 1. The number of nitrogens with one attached hydrogen (secondary N) is 7. The maximum Gasteiger partial charge on any atom is 0.267 e. The lowest BCUT2D eigenvalue weighted by atomic mass is 9.90. The van der Waals surface area contributed by atoms with E-state index >= 15 is 0 Å². The zero-order valence-electron chi connectivity index (χ0n) is 37.5. The Morgan fingerprint density at radius 3 is 2.43 bits per heavy atom. The summed E-state index contributed by atoms with van der Waals surface area (Å²) in [5.74, 6) is -0.231. The second-order valence-corrected chi connectivity index (χ2v) is 20.8. The molecule has 3 aromatic heterocycles. The van der Waals surface area contributed by atoms with Gasteiger partial charge >= 0.3 is 0 Å². The average molecular weight is 992 g/mol. The number of methoxy groups -OCH3 is 1. The summed E-state index contributed by atoms with van der Waals surface area (Å²) >= 11 is 3.57. The van der Waals surface area contributed by atoms with Crippen LogP contribution in [0, 0.1) is 0 Å². The fraction of sp³-hybridized carbons (Fsp3) is 0.319. The molecule has 0 bridgehead atoms.